The molecule has 0 saturated heterocycles. The summed E-state index contributed by atoms with van der Waals surface area (Å²) in [7, 11) is -3.42. The first kappa shape index (κ1) is 15.6. The molecule has 0 atom stereocenters. The van der Waals surface area contributed by atoms with E-state index in [0.717, 1.165) is 0 Å². The van der Waals surface area contributed by atoms with Crippen LogP contribution in [0.3, 0.4) is 0 Å². The van der Waals surface area contributed by atoms with Crippen molar-refractivity contribution in [3.8, 4) is 11.5 Å². The Morgan fingerprint density at radius 3 is 2.65 bits per heavy atom. The lowest BCUT2D eigenvalue weighted by Crippen LogP contribution is -2.16. The smallest absolute Gasteiger partial charge is 0.259 e. The lowest BCUT2D eigenvalue weighted by molar-refractivity contribution is 0.102. The van der Waals surface area contributed by atoms with Gasteiger partial charge in [-0.25, -0.2) is 8.42 Å². The summed E-state index contributed by atoms with van der Waals surface area (Å²) in [4.78, 5) is 12.4. The van der Waals surface area contributed by atoms with E-state index in [1.165, 1.54) is 13.0 Å². The molecule has 120 valence electrons. The summed E-state index contributed by atoms with van der Waals surface area (Å²) in [5.41, 5.74) is 0.983. The molecule has 0 aliphatic carbocycles. The van der Waals surface area contributed by atoms with Crippen LogP contribution in [0.25, 0.3) is 0 Å². The van der Waals surface area contributed by atoms with E-state index in [0.29, 0.717) is 27.9 Å². The average Bonchev–Trinajstić information content (AvgIpc) is 2.63. The number of sulfonamides is 1. The summed E-state index contributed by atoms with van der Waals surface area (Å²) in [5, 5.41) is 3.17. The van der Waals surface area contributed by atoms with E-state index >= 15 is 0 Å². The Bertz CT molecular complexity index is 896. The Morgan fingerprint density at radius 1 is 1.17 bits per heavy atom. The second-order valence-electron chi connectivity index (χ2n) is 4.91. The number of carbonyl (C=O) groups excluding carboxylic acids is 1. The molecular weight excluding hydrogens is 340 g/mol. The molecule has 2 N–H and O–H groups in total. The van der Waals surface area contributed by atoms with Crippen molar-refractivity contribution < 1.29 is 17.9 Å². The normalized spacial score (nSPS) is 13.2. The van der Waals surface area contributed by atoms with Crippen molar-refractivity contribution in [1.29, 1.82) is 0 Å². The van der Waals surface area contributed by atoms with Gasteiger partial charge in [0, 0.05) is 10.7 Å². The predicted molar refractivity (Wildman–Crippen MR) is 89.0 cm³/mol. The van der Waals surface area contributed by atoms with Crippen molar-refractivity contribution in [2.45, 2.75) is 6.92 Å². The summed E-state index contributed by atoms with van der Waals surface area (Å²) < 4.78 is 31.4. The minimum absolute atomic E-state index is 0.0588. The van der Waals surface area contributed by atoms with Crippen LogP contribution in [0.1, 0.15) is 17.3 Å². The maximum absolute atomic E-state index is 12.4. The van der Waals surface area contributed by atoms with Crippen LogP contribution in [-0.4, -0.2) is 20.1 Å². The molecule has 23 heavy (non-hydrogen) atoms. The fourth-order valence-electron chi connectivity index (χ4n) is 2.11. The second kappa shape index (κ2) is 5.75. The molecule has 0 unspecified atom stereocenters. The highest BCUT2D eigenvalue weighted by atomic mass is 35.5. The zero-order chi connectivity index (χ0) is 16.6. The molecule has 2 aromatic rings. The van der Waals surface area contributed by atoms with Crippen LogP contribution in [0.5, 0.6) is 11.5 Å². The van der Waals surface area contributed by atoms with E-state index in [1.54, 1.807) is 30.3 Å². The SMILES string of the molecule is CCS(=O)(=O)Nc1ccc2c(c1)C(=O)Nc1cc(Cl)ccc1O2. The summed E-state index contributed by atoms with van der Waals surface area (Å²) in [6, 6.07) is 9.42. The van der Waals surface area contributed by atoms with Gasteiger partial charge in [-0.15, -0.1) is 0 Å². The first-order chi connectivity index (χ1) is 10.9. The van der Waals surface area contributed by atoms with Gasteiger partial charge in [-0.05, 0) is 43.3 Å². The van der Waals surface area contributed by atoms with E-state index in [9.17, 15) is 13.2 Å². The van der Waals surface area contributed by atoms with Gasteiger partial charge in [-0.1, -0.05) is 11.6 Å². The molecule has 0 fully saturated rings. The number of fused-ring (bicyclic) bond motifs is 2. The quantitative estimate of drug-likeness (QED) is 0.885. The number of hydrogen-bond acceptors (Lipinski definition) is 4. The van der Waals surface area contributed by atoms with Crippen LogP contribution in [0.15, 0.2) is 36.4 Å². The summed E-state index contributed by atoms with van der Waals surface area (Å²) in [6.07, 6.45) is 0. The molecule has 0 saturated carbocycles. The van der Waals surface area contributed by atoms with Crippen LogP contribution in [-0.2, 0) is 10.0 Å². The van der Waals surface area contributed by atoms with Crippen LogP contribution in [0.2, 0.25) is 5.02 Å². The van der Waals surface area contributed by atoms with Crippen molar-refractivity contribution in [2.24, 2.45) is 0 Å². The molecule has 0 aromatic heterocycles. The highest BCUT2D eigenvalue weighted by Gasteiger charge is 2.22. The number of halogens is 1. The molecular formula is C15H13ClN2O4S. The molecule has 0 bridgehead atoms. The maximum Gasteiger partial charge on any atom is 0.259 e. The third kappa shape index (κ3) is 3.25. The Morgan fingerprint density at radius 2 is 1.91 bits per heavy atom. The fourth-order valence-corrected chi connectivity index (χ4v) is 2.91. The van der Waals surface area contributed by atoms with Crippen molar-refractivity contribution in [1.82, 2.24) is 0 Å². The van der Waals surface area contributed by atoms with Gasteiger partial charge in [-0.2, -0.15) is 0 Å². The lowest BCUT2D eigenvalue weighted by Gasteiger charge is -2.10. The van der Waals surface area contributed by atoms with E-state index in [2.05, 4.69) is 10.0 Å². The molecule has 2 aromatic carbocycles. The van der Waals surface area contributed by atoms with E-state index < -0.39 is 15.9 Å². The molecule has 1 amide bonds. The van der Waals surface area contributed by atoms with Gasteiger partial charge in [0.1, 0.15) is 5.75 Å². The minimum atomic E-state index is -3.42. The van der Waals surface area contributed by atoms with Gasteiger partial charge < -0.3 is 10.1 Å². The first-order valence-electron chi connectivity index (χ1n) is 6.81. The Balaban J connectivity index is 2.00. The fraction of sp³-hybridized carbons (Fsp3) is 0.133. The number of nitrogens with one attached hydrogen (secondary N) is 2. The Labute approximate surface area is 138 Å². The number of hydrogen-bond donors (Lipinski definition) is 2. The lowest BCUT2D eigenvalue weighted by atomic mass is 10.1. The second-order valence-corrected chi connectivity index (χ2v) is 7.36. The first-order valence-corrected chi connectivity index (χ1v) is 8.84. The molecule has 1 heterocycles. The molecule has 1 aliphatic rings. The van der Waals surface area contributed by atoms with Crippen molar-refractivity contribution in [2.75, 3.05) is 15.8 Å². The van der Waals surface area contributed by atoms with Gasteiger partial charge >= 0.3 is 0 Å². The zero-order valence-corrected chi connectivity index (χ0v) is 13.7. The summed E-state index contributed by atoms with van der Waals surface area (Å²) >= 11 is 5.92. The van der Waals surface area contributed by atoms with E-state index in [1.807, 2.05) is 0 Å². The molecule has 3 rings (SSSR count). The molecule has 0 spiro atoms. The summed E-state index contributed by atoms with van der Waals surface area (Å²) in [6.45, 7) is 1.53. The highest BCUT2D eigenvalue weighted by Crippen LogP contribution is 2.37. The highest BCUT2D eigenvalue weighted by molar-refractivity contribution is 7.92. The third-order valence-corrected chi connectivity index (χ3v) is 4.83. The van der Waals surface area contributed by atoms with Gasteiger partial charge in [0.2, 0.25) is 10.0 Å². The van der Waals surface area contributed by atoms with E-state index in [-0.39, 0.29) is 11.3 Å². The maximum atomic E-state index is 12.4. The Kier molecular flexibility index (Phi) is 3.91. The Hall–Kier alpha value is -2.25. The average molecular weight is 353 g/mol. The predicted octanol–water partition coefficient (Wildman–Crippen LogP) is 3.46. The number of rotatable bonds is 3. The number of anilines is 2. The van der Waals surface area contributed by atoms with Gasteiger partial charge in [-0.3, -0.25) is 9.52 Å². The zero-order valence-electron chi connectivity index (χ0n) is 12.1. The monoisotopic (exact) mass is 352 g/mol. The molecule has 6 nitrogen and oxygen atoms in total. The number of benzene rings is 2. The molecule has 8 heteroatoms. The minimum Gasteiger partial charge on any atom is -0.454 e. The number of amides is 1. The standard InChI is InChI=1S/C15H13ClN2O4S/c1-2-23(20,21)18-10-4-6-13-11(8-10)15(19)17-12-7-9(16)3-5-14(12)22-13/h3-8,18H,2H2,1H3,(H,17,19). The molecule has 1 aliphatic heterocycles. The van der Waals surface area contributed by atoms with E-state index in [4.69, 9.17) is 16.3 Å². The van der Waals surface area contributed by atoms with Crippen molar-refractivity contribution in [3.05, 3.63) is 47.0 Å². The van der Waals surface area contributed by atoms with Gasteiger partial charge in [0.15, 0.2) is 5.75 Å². The third-order valence-electron chi connectivity index (χ3n) is 3.29. The summed E-state index contributed by atoms with van der Waals surface area (Å²) in [5.74, 6) is 0.335. The van der Waals surface area contributed by atoms with Crippen LogP contribution < -0.4 is 14.8 Å². The number of ether oxygens (including phenoxy) is 1. The topological polar surface area (TPSA) is 84.5 Å². The van der Waals surface area contributed by atoms with Crippen molar-refractivity contribution in [3.63, 3.8) is 0 Å². The molecule has 0 radical (unpaired) electrons. The van der Waals surface area contributed by atoms with Crippen molar-refractivity contribution >= 4 is 38.9 Å². The van der Waals surface area contributed by atoms with Gasteiger partial charge in [0.25, 0.3) is 5.91 Å². The van der Waals surface area contributed by atoms with Gasteiger partial charge in [0.05, 0.1) is 17.0 Å². The largest absolute Gasteiger partial charge is 0.454 e. The van der Waals surface area contributed by atoms with Crippen LogP contribution in [0.4, 0.5) is 11.4 Å². The number of carbonyl (C=O) groups is 1. The van der Waals surface area contributed by atoms with Crippen LogP contribution >= 0.6 is 11.6 Å². The van der Waals surface area contributed by atoms with Crippen LogP contribution in [0, 0.1) is 0 Å².